The molecule has 0 saturated carbocycles. The zero-order valence-corrected chi connectivity index (χ0v) is 17.2. The van der Waals surface area contributed by atoms with Crippen LogP contribution in [0.1, 0.15) is 24.0 Å². The molecule has 3 aromatic rings. The molecule has 6 heteroatoms. The van der Waals surface area contributed by atoms with Gasteiger partial charge in [-0.1, -0.05) is 60.1 Å². The van der Waals surface area contributed by atoms with Crippen LogP contribution in [0.15, 0.2) is 60.8 Å². The summed E-state index contributed by atoms with van der Waals surface area (Å²) < 4.78 is 7.45. The van der Waals surface area contributed by atoms with Gasteiger partial charge in [0.05, 0.1) is 12.2 Å². The van der Waals surface area contributed by atoms with Crippen LogP contribution in [0.3, 0.4) is 0 Å². The molecule has 4 rings (SSSR count). The average Bonchev–Trinajstić information content (AvgIpc) is 3.40. The predicted octanol–water partition coefficient (Wildman–Crippen LogP) is 4.39. The van der Waals surface area contributed by atoms with Crippen molar-refractivity contribution in [3.63, 3.8) is 0 Å². The highest BCUT2D eigenvalue weighted by molar-refractivity contribution is 6.31. The minimum atomic E-state index is -0.321. The van der Waals surface area contributed by atoms with Gasteiger partial charge >= 0.3 is 0 Å². The third-order valence-corrected chi connectivity index (χ3v) is 5.53. The van der Waals surface area contributed by atoms with E-state index < -0.39 is 0 Å². The second-order valence-corrected chi connectivity index (χ2v) is 7.76. The first-order valence-corrected chi connectivity index (χ1v) is 10.2. The first kappa shape index (κ1) is 19.7. The summed E-state index contributed by atoms with van der Waals surface area (Å²) in [6.07, 6.45) is 3.42. The fourth-order valence-corrected chi connectivity index (χ4v) is 3.85. The standard InChI is InChI=1S/C23H24ClN3O2/c1-26(23(28)21-12-7-13-29-21)14-19-16-27(15-18-10-5-6-11-20(18)24)25-22(19)17-8-3-2-4-9-17/h2-6,8-11,16,21H,7,12-15H2,1H3. The van der Waals surface area contributed by atoms with Crippen molar-refractivity contribution in [1.29, 1.82) is 0 Å². The van der Waals surface area contributed by atoms with Gasteiger partial charge in [0, 0.05) is 42.5 Å². The molecule has 1 amide bonds. The van der Waals surface area contributed by atoms with Crippen LogP contribution in [0.25, 0.3) is 11.3 Å². The Morgan fingerprint density at radius 1 is 1.17 bits per heavy atom. The van der Waals surface area contributed by atoms with E-state index in [9.17, 15) is 4.79 Å². The van der Waals surface area contributed by atoms with Gasteiger partial charge in [0.15, 0.2) is 0 Å². The van der Waals surface area contributed by atoms with Gasteiger partial charge in [-0.25, -0.2) is 0 Å². The Kier molecular flexibility index (Phi) is 5.97. The lowest BCUT2D eigenvalue weighted by molar-refractivity contribution is -0.140. The molecule has 0 radical (unpaired) electrons. The molecular weight excluding hydrogens is 386 g/mol. The van der Waals surface area contributed by atoms with E-state index in [0.29, 0.717) is 19.7 Å². The molecule has 1 aromatic heterocycles. The lowest BCUT2D eigenvalue weighted by Gasteiger charge is -2.20. The molecule has 2 aromatic carbocycles. The maximum absolute atomic E-state index is 12.7. The number of ether oxygens (including phenoxy) is 1. The maximum Gasteiger partial charge on any atom is 0.251 e. The maximum atomic E-state index is 12.7. The fraction of sp³-hybridized carbons (Fsp3) is 0.304. The average molecular weight is 410 g/mol. The number of halogens is 1. The van der Waals surface area contributed by atoms with E-state index in [4.69, 9.17) is 21.4 Å². The van der Waals surface area contributed by atoms with Crippen molar-refractivity contribution in [1.82, 2.24) is 14.7 Å². The summed E-state index contributed by atoms with van der Waals surface area (Å²) in [5, 5.41) is 5.53. The second kappa shape index (κ2) is 8.80. The largest absolute Gasteiger partial charge is 0.368 e. The molecule has 0 bridgehead atoms. The molecule has 1 atom stereocenters. The van der Waals surface area contributed by atoms with Gasteiger partial charge in [-0.15, -0.1) is 0 Å². The van der Waals surface area contributed by atoms with Crippen LogP contribution < -0.4 is 0 Å². The van der Waals surface area contributed by atoms with Crippen LogP contribution >= 0.6 is 11.6 Å². The van der Waals surface area contributed by atoms with E-state index in [1.165, 1.54) is 0 Å². The number of hydrogen-bond donors (Lipinski definition) is 0. The number of amides is 1. The Labute approximate surface area is 175 Å². The fourth-order valence-electron chi connectivity index (χ4n) is 3.65. The molecule has 2 heterocycles. The normalized spacial score (nSPS) is 16.1. The van der Waals surface area contributed by atoms with Gasteiger partial charge in [0.1, 0.15) is 6.10 Å². The van der Waals surface area contributed by atoms with Crippen molar-refractivity contribution in [3.8, 4) is 11.3 Å². The summed E-state index contributed by atoms with van der Waals surface area (Å²) in [5.41, 5.74) is 3.91. The first-order chi connectivity index (χ1) is 14.1. The van der Waals surface area contributed by atoms with Gasteiger partial charge in [-0.05, 0) is 24.5 Å². The van der Waals surface area contributed by atoms with Crippen LogP contribution in [0.5, 0.6) is 0 Å². The topological polar surface area (TPSA) is 47.4 Å². The summed E-state index contributed by atoms with van der Waals surface area (Å²) in [6.45, 7) is 1.71. The molecule has 1 aliphatic heterocycles. The first-order valence-electron chi connectivity index (χ1n) is 9.83. The van der Waals surface area contributed by atoms with E-state index in [-0.39, 0.29) is 12.0 Å². The van der Waals surface area contributed by atoms with E-state index in [2.05, 4.69) is 0 Å². The van der Waals surface area contributed by atoms with Crippen molar-refractivity contribution in [2.75, 3.05) is 13.7 Å². The van der Waals surface area contributed by atoms with Crippen LogP contribution in [0.4, 0.5) is 0 Å². The summed E-state index contributed by atoms with van der Waals surface area (Å²) in [4.78, 5) is 14.4. The number of aromatic nitrogens is 2. The van der Waals surface area contributed by atoms with Crippen LogP contribution in [0, 0.1) is 0 Å². The van der Waals surface area contributed by atoms with Gasteiger partial charge in [-0.3, -0.25) is 9.48 Å². The number of likely N-dealkylation sites (N-methyl/N-ethyl adjacent to an activating group) is 1. The van der Waals surface area contributed by atoms with Crippen LogP contribution in [-0.2, 0) is 22.6 Å². The smallest absolute Gasteiger partial charge is 0.251 e. The summed E-state index contributed by atoms with van der Waals surface area (Å²) in [6, 6.07) is 17.8. The monoisotopic (exact) mass is 409 g/mol. The molecule has 1 aliphatic rings. The number of benzene rings is 2. The van der Waals surface area contributed by atoms with E-state index in [1.54, 1.807) is 4.90 Å². The summed E-state index contributed by atoms with van der Waals surface area (Å²) in [5.74, 6) is 0.0281. The number of carbonyl (C=O) groups is 1. The highest BCUT2D eigenvalue weighted by Gasteiger charge is 2.27. The zero-order chi connectivity index (χ0) is 20.2. The molecule has 150 valence electrons. The summed E-state index contributed by atoms with van der Waals surface area (Å²) in [7, 11) is 1.82. The minimum Gasteiger partial charge on any atom is -0.368 e. The predicted molar refractivity (Wildman–Crippen MR) is 114 cm³/mol. The molecule has 1 fully saturated rings. The lowest BCUT2D eigenvalue weighted by atomic mass is 10.1. The van der Waals surface area contributed by atoms with Crippen LogP contribution in [-0.4, -0.2) is 40.3 Å². The van der Waals surface area contributed by atoms with Crippen molar-refractivity contribution in [3.05, 3.63) is 76.9 Å². The van der Waals surface area contributed by atoms with Gasteiger partial charge in [0.2, 0.25) is 0 Å². The SMILES string of the molecule is CN(Cc1cn(Cc2ccccc2Cl)nc1-c1ccccc1)C(=O)C1CCCO1. The number of carbonyl (C=O) groups excluding carboxylic acids is 1. The van der Waals surface area contributed by atoms with Crippen molar-refractivity contribution >= 4 is 17.5 Å². The Bertz CT molecular complexity index is 981. The second-order valence-electron chi connectivity index (χ2n) is 7.35. The molecule has 0 aliphatic carbocycles. The molecule has 0 N–H and O–H groups in total. The Morgan fingerprint density at radius 3 is 2.66 bits per heavy atom. The highest BCUT2D eigenvalue weighted by atomic mass is 35.5. The number of rotatable bonds is 6. The lowest BCUT2D eigenvalue weighted by Crippen LogP contribution is -2.35. The molecule has 0 spiro atoms. The van der Waals surface area contributed by atoms with Gasteiger partial charge in [-0.2, -0.15) is 5.10 Å². The third kappa shape index (κ3) is 4.52. The molecule has 1 unspecified atom stereocenters. The molecule has 5 nitrogen and oxygen atoms in total. The molecule has 1 saturated heterocycles. The van der Waals surface area contributed by atoms with E-state index >= 15 is 0 Å². The third-order valence-electron chi connectivity index (χ3n) is 5.16. The zero-order valence-electron chi connectivity index (χ0n) is 16.4. The Balaban J connectivity index is 1.61. The Hall–Kier alpha value is -2.63. The Morgan fingerprint density at radius 2 is 1.93 bits per heavy atom. The van der Waals surface area contributed by atoms with Gasteiger partial charge < -0.3 is 9.64 Å². The van der Waals surface area contributed by atoms with Crippen molar-refractivity contribution < 1.29 is 9.53 Å². The minimum absolute atomic E-state index is 0.0281. The highest BCUT2D eigenvalue weighted by Crippen LogP contribution is 2.25. The van der Waals surface area contributed by atoms with Crippen molar-refractivity contribution in [2.45, 2.75) is 32.0 Å². The molecular formula is C23H24ClN3O2. The van der Waals surface area contributed by atoms with Crippen LogP contribution in [0.2, 0.25) is 5.02 Å². The number of nitrogens with zero attached hydrogens (tertiary/aromatic N) is 3. The van der Waals surface area contributed by atoms with Crippen molar-refractivity contribution in [2.24, 2.45) is 0 Å². The molecule has 29 heavy (non-hydrogen) atoms. The summed E-state index contributed by atoms with van der Waals surface area (Å²) >= 11 is 6.33. The van der Waals surface area contributed by atoms with E-state index in [1.807, 2.05) is 72.5 Å². The quantitative estimate of drug-likeness (QED) is 0.606. The van der Waals surface area contributed by atoms with Gasteiger partial charge in [0.25, 0.3) is 5.91 Å². The van der Waals surface area contributed by atoms with E-state index in [0.717, 1.165) is 40.2 Å². The number of hydrogen-bond acceptors (Lipinski definition) is 3.